The van der Waals surface area contributed by atoms with Gasteiger partial charge < -0.3 is 15.3 Å². The fraction of sp³-hybridized carbons (Fsp3) is 0.704. The van der Waals surface area contributed by atoms with Crippen LogP contribution in [0.2, 0.25) is 0 Å². The largest absolute Gasteiger partial charge is 0.393 e. The molecule has 0 aromatic heterocycles. The van der Waals surface area contributed by atoms with Crippen molar-refractivity contribution in [2.45, 2.75) is 89.9 Å². The number of aliphatic hydroxyl groups is 3. The molecule has 30 heavy (non-hydrogen) atoms. The van der Waals surface area contributed by atoms with Gasteiger partial charge in [0.1, 0.15) is 0 Å². The fourth-order valence-corrected chi connectivity index (χ4v) is 6.63. The lowest BCUT2D eigenvalue weighted by molar-refractivity contribution is 0.0862. The van der Waals surface area contributed by atoms with Crippen LogP contribution >= 0.6 is 0 Å². The average molecular weight is 413 g/mol. The van der Waals surface area contributed by atoms with Crippen molar-refractivity contribution in [1.82, 2.24) is 0 Å². The van der Waals surface area contributed by atoms with Crippen molar-refractivity contribution < 1.29 is 15.3 Å². The minimum absolute atomic E-state index is 0.250. The lowest BCUT2D eigenvalue weighted by Gasteiger charge is -2.44. The van der Waals surface area contributed by atoms with Crippen LogP contribution in [0, 0.1) is 29.1 Å². The number of rotatable bonds is 5. The Morgan fingerprint density at radius 2 is 1.87 bits per heavy atom. The molecule has 7 atom stereocenters. The Hall–Kier alpha value is -1.16. The number of fused-ring (bicyclic) bond motifs is 1. The summed E-state index contributed by atoms with van der Waals surface area (Å²) in [7, 11) is 0. The van der Waals surface area contributed by atoms with Crippen LogP contribution in [-0.2, 0) is 0 Å². The van der Waals surface area contributed by atoms with Crippen LogP contribution in [0.15, 0.2) is 47.6 Å². The number of hydrogen-bond acceptors (Lipinski definition) is 3. The van der Waals surface area contributed by atoms with Crippen molar-refractivity contribution in [2.75, 3.05) is 0 Å². The van der Waals surface area contributed by atoms with E-state index in [-0.39, 0.29) is 6.10 Å². The zero-order valence-electron chi connectivity index (χ0n) is 18.8. The molecule has 4 rings (SSSR count). The number of allylic oxidation sites excluding steroid dienone is 4. The van der Waals surface area contributed by atoms with E-state index in [1.165, 1.54) is 44.1 Å². The topological polar surface area (TPSA) is 60.7 Å². The van der Waals surface area contributed by atoms with E-state index >= 15 is 0 Å². The van der Waals surface area contributed by atoms with Crippen LogP contribution in [-0.4, -0.2) is 33.6 Å². The van der Waals surface area contributed by atoms with Crippen molar-refractivity contribution in [2.24, 2.45) is 29.1 Å². The van der Waals surface area contributed by atoms with Gasteiger partial charge in [-0.2, -0.15) is 0 Å². The van der Waals surface area contributed by atoms with Crippen LogP contribution in [0.25, 0.3) is 0 Å². The molecule has 0 aliphatic heterocycles. The molecule has 4 aliphatic carbocycles. The molecule has 3 nitrogen and oxygen atoms in total. The van der Waals surface area contributed by atoms with Crippen LogP contribution in [0.3, 0.4) is 0 Å². The highest BCUT2D eigenvalue weighted by atomic mass is 16.3. The summed E-state index contributed by atoms with van der Waals surface area (Å²) in [6.45, 7) is 8.88. The van der Waals surface area contributed by atoms with Crippen molar-refractivity contribution >= 4 is 0 Å². The van der Waals surface area contributed by atoms with Gasteiger partial charge >= 0.3 is 0 Å². The molecule has 0 radical (unpaired) electrons. The second kappa shape index (κ2) is 8.76. The first-order chi connectivity index (χ1) is 14.3. The molecule has 166 valence electrons. The Morgan fingerprint density at radius 3 is 2.60 bits per heavy atom. The van der Waals surface area contributed by atoms with E-state index in [0.717, 1.165) is 17.6 Å². The predicted octanol–water partition coefficient (Wildman–Crippen LogP) is 5.09. The van der Waals surface area contributed by atoms with Crippen molar-refractivity contribution in [1.29, 1.82) is 0 Å². The van der Waals surface area contributed by atoms with E-state index in [1.54, 1.807) is 0 Å². The molecule has 3 N–H and O–H groups in total. The average Bonchev–Trinajstić information content (AvgIpc) is 3.49. The van der Waals surface area contributed by atoms with E-state index in [0.29, 0.717) is 41.9 Å². The molecule has 0 saturated heterocycles. The maximum atomic E-state index is 10.2. The Bertz CT molecular complexity index is 743. The Labute approximate surface area is 182 Å². The summed E-state index contributed by atoms with van der Waals surface area (Å²) in [5.41, 5.74) is 3.63. The number of hydrogen-bond donors (Lipinski definition) is 3. The molecular formula is C27H40O3. The van der Waals surface area contributed by atoms with Gasteiger partial charge in [0.15, 0.2) is 0 Å². The fourth-order valence-electron chi connectivity index (χ4n) is 6.63. The third-order valence-electron chi connectivity index (χ3n) is 8.65. The Kier molecular flexibility index (Phi) is 6.44. The predicted molar refractivity (Wildman–Crippen MR) is 122 cm³/mol. The van der Waals surface area contributed by atoms with Crippen molar-refractivity contribution in [3.8, 4) is 0 Å². The summed E-state index contributed by atoms with van der Waals surface area (Å²) >= 11 is 0. The highest BCUT2D eigenvalue weighted by Gasteiger charge is 2.50. The quantitative estimate of drug-likeness (QED) is 0.551. The third kappa shape index (κ3) is 4.40. The molecule has 0 spiro atoms. The highest BCUT2D eigenvalue weighted by Crippen LogP contribution is 2.59. The van der Waals surface area contributed by atoms with Gasteiger partial charge in [0.25, 0.3) is 0 Å². The van der Waals surface area contributed by atoms with Gasteiger partial charge in [-0.05, 0) is 91.6 Å². The highest BCUT2D eigenvalue weighted by molar-refractivity contribution is 5.38. The first-order valence-electron chi connectivity index (χ1n) is 12.1. The summed E-state index contributed by atoms with van der Waals surface area (Å²) < 4.78 is 0. The molecule has 0 aromatic rings. The van der Waals surface area contributed by atoms with Gasteiger partial charge in [-0.3, -0.25) is 0 Å². The molecule has 3 heteroatoms. The zero-order chi connectivity index (χ0) is 21.5. The summed E-state index contributed by atoms with van der Waals surface area (Å²) in [6.07, 6.45) is 16.9. The second-order valence-corrected chi connectivity index (χ2v) is 10.7. The van der Waals surface area contributed by atoms with Crippen LogP contribution in [0.5, 0.6) is 0 Å². The lowest BCUT2D eigenvalue weighted by atomic mass is 9.61. The van der Waals surface area contributed by atoms with Crippen molar-refractivity contribution in [3.05, 3.63) is 47.6 Å². The van der Waals surface area contributed by atoms with E-state index in [2.05, 4.69) is 44.7 Å². The van der Waals surface area contributed by atoms with Gasteiger partial charge in [-0.1, -0.05) is 50.3 Å². The molecule has 0 aromatic carbocycles. The maximum absolute atomic E-state index is 10.2. The summed E-state index contributed by atoms with van der Waals surface area (Å²) in [4.78, 5) is 0. The minimum Gasteiger partial charge on any atom is -0.393 e. The third-order valence-corrected chi connectivity index (χ3v) is 8.65. The lowest BCUT2D eigenvalue weighted by Crippen LogP contribution is -2.35. The van der Waals surface area contributed by atoms with E-state index < -0.39 is 12.2 Å². The summed E-state index contributed by atoms with van der Waals surface area (Å²) in [5.74, 6) is 2.28. The Morgan fingerprint density at radius 1 is 1.10 bits per heavy atom. The van der Waals surface area contributed by atoms with Gasteiger partial charge in [0, 0.05) is 6.42 Å². The number of aliphatic hydroxyl groups excluding tert-OH is 3. The first-order valence-corrected chi connectivity index (χ1v) is 12.1. The summed E-state index contributed by atoms with van der Waals surface area (Å²) in [5, 5.41) is 30.4. The van der Waals surface area contributed by atoms with Gasteiger partial charge in [0.05, 0.1) is 18.3 Å². The standard InChI is InChI=1S/C27H40O3/c1-17(6-13-25(29)20-8-9-20)23-11-12-24-19(5-4-14-27(23,24)3)7-10-21-15-22(28)16-26(30)18(21)2/h6-7,10,13,17,20,22-26,28-30H,2,4-5,8-9,11-12,14-16H2,1,3H3/b13-6+,19-7-,21-10+/t17-,22-,23-,24+,25-,26+,27-/m1/s1. The first kappa shape index (κ1) is 22.0. The molecule has 4 saturated carbocycles. The molecule has 4 aliphatic rings. The SMILES string of the molecule is C=C1/C(=C/C=C2/CCC[C@]3(C)[C@@H]([C@H](C)/C=C/[C@@H](O)C4CC4)CC[C@@H]23)C[C@@H](O)C[C@@H]1O. The minimum atomic E-state index is -0.621. The van der Waals surface area contributed by atoms with E-state index in [4.69, 9.17) is 0 Å². The molecular weight excluding hydrogens is 372 g/mol. The maximum Gasteiger partial charge on any atom is 0.0811 e. The van der Waals surface area contributed by atoms with Crippen LogP contribution in [0.4, 0.5) is 0 Å². The van der Waals surface area contributed by atoms with Crippen LogP contribution < -0.4 is 0 Å². The molecule has 0 unspecified atom stereocenters. The molecule has 4 fully saturated rings. The smallest absolute Gasteiger partial charge is 0.0811 e. The van der Waals surface area contributed by atoms with Crippen LogP contribution in [0.1, 0.15) is 71.6 Å². The Balaban J connectivity index is 1.48. The summed E-state index contributed by atoms with van der Waals surface area (Å²) in [6, 6.07) is 0. The van der Waals surface area contributed by atoms with E-state index in [1.807, 2.05) is 0 Å². The molecule has 0 amide bonds. The van der Waals surface area contributed by atoms with Gasteiger partial charge in [-0.15, -0.1) is 0 Å². The zero-order valence-corrected chi connectivity index (χ0v) is 18.8. The normalized spacial score (nSPS) is 42.1. The monoisotopic (exact) mass is 412 g/mol. The van der Waals surface area contributed by atoms with Gasteiger partial charge in [-0.25, -0.2) is 0 Å². The van der Waals surface area contributed by atoms with E-state index in [9.17, 15) is 15.3 Å². The second-order valence-electron chi connectivity index (χ2n) is 10.7. The van der Waals surface area contributed by atoms with Crippen molar-refractivity contribution in [3.63, 3.8) is 0 Å². The molecule has 0 heterocycles. The van der Waals surface area contributed by atoms with Gasteiger partial charge in [0.2, 0.25) is 0 Å². The molecule has 0 bridgehead atoms.